The van der Waals surface area contributed by atoms with Crippen LogP contribution in [0.25, 0.3) is 10.2 Å². The summed E-state index contributed by atoms with van der Waals surface area (Å²) in [5.74, 6) is -0.669. The Hall–Kier alpha value is -1.93. The molecule has 1 saturated heterocycles. The minimum atomic E-state index is -5.00. The monoisotopic (exact) mass is 424 g/mol. The summed E-state index contributed by atoms with van der Waals surface area (Å²) in [7, 11) is 0. The molecule has 2 aliphatic rings. The van der Waals surface area contributed by atoms with Crippen molar-refractivity contribution in [1.82, 2.24) is 9.88 Å². The number of benzene rings is 1. The van der Waals surface area contributed by atoms with E-state index in [1.54, 1.807) is 24.3 Å². The third-order valence-electron chi connectivity index (χ3n) is 6.10. The molecule has 2 atom stereocenters. The summed E-state index contributed by atoms with van der Waals surface area (Å²) in [5, 5.41) is 10.2. The zero-order valence-corrected chi connectivity index (χ0v) is 16.7. The van der Waals surface area contributed by atoms with Crippen LogP contribution in [0, 0.1) is 5.41 Å². The highest BCUT2D eigenvalue weighted by Crippen LogP contribution is 2.46. The van der Waals surface area contributed by atoms with E-state index in [-0.39, 0.29) is 5.41 Å². The molecule has 156 valence electrons. The van der Waals surface area contributed by atoms with Gasteiger partial charge in [-0.25, -0.2) is 4.98 Å². The Kier molecular flexibility index (Phi) is 5.19. The maximum Gasteiger partial charge on any atom is 0.424 e. The van der Waals surface area contributed by atoms with Crippen molar-refractivity contribution in [3.63, 3.8) is 0 Å². The molecular weight excluding hydrogens is 401 g/mol. The number of thiazole rings is 1. The van der Waals surface area contributed by atoms with Crippen molar-refractivity contribution in [3.8, 4) is 0 Å². The number of fused-ring (bicyclic) bond motifs is 1. The molecular formula is C21H23F3N2O2S. The number of hydrogen-bond donors (Lipinski definition) is 1. The molecule has 1 spiro atoms. The first-order valence-corrected chi connectivity index (χ1v) is 10.6. The lowest BCUT2D eigenvalue weighted by atomic mass is 9.71. The predicted octanol–water partition coefficient (Wildman–Crippen LogP) is 4.79. The molecule has 1 aromatic carbocycles. The number of aliphatic hydroxyl groups is 1. The summed E-state index contributed by atoms with van der Waals surface area (Å²) >= 11 is 0.780. The Morgan fingerprint density at radius 2 is 2.03 bits per heavy atom. The molecule has 1 N–H and O–H groups in total. The molecule has 29 heavy (non-hydrogen) atoms. The van der Waals surface area contributed by atoms with E-state index in [2.05, 4.69) is 17.1 Å². The molecule has 1 aromatic heterocycles. The number of likely N-dealkylation sites (tertiary alicyclic amines) is 1. The van der Waals surface area contributed by atoms with E-state index in [0.29, 0.717) is 23.3 Å². The Balaban J connectivity index is 1.59. The summed E-state index contributed by atoms with van der Waals surface area (Å²) in [6.45, 7) is 0.877. The highest BCUT2D eigenvalue weighted by Gasteiger charge is 2.59. The van der Waals surface area contributed by atoms with Crippen LogP contribution >= 0.6 is 11.3 Å². The van der Waals surface area contributed by atoms with E-state index < -0.39 is 29.1 Å². The van der Waals surface area contributed by atoms with Gasteiger partial charge < -0.3 is 10.0 Å². The predicted molar refractivity (Wildman–Crippen MR) is 105 cm³/mol. The number of hydrogen-bond acceptors (Lipinski definition) is 4. The number of carbonyl (C=O) groups is 1. The van der Waals surface area contributed by atoms with Gasteiger partial charge in [0.1, 0.15) is 5.01 Å². The van der Waals surface area contributed by atoms with Crippen LogP contribution in [0.2, 0.25) is 0 Å². The SMILES string of the molecule is O=C(C[C@@](O)(c1nc2ccccc2s1)C(F)(F)F)N1CCC[C@]2(CC=CCC2)C1. The summed E-state index contributed by atoms with van der Waals surface area (Å²) in [4.78, 5) is 18.4. The summed E-state index contributed by atoms with van der Waals surface area (Å²) in [6, 6.07) is 6.63. The van der Waals surface area contributed by atoms with E-state index in [0.717, 1.165) is 43.4 Å². The second kappa shape index (κ2) is 7.40. The minimum absolute atomic E-state index is 0.0468. The fourth-order valence-corrected chi connectivity index (χ4v) is 5.48. The number of rotatable bonds is 3. The third kappa shape index (κ3) is 3.80. The lowest BCUT2D eigenvalue weighted by Gasteiger charge is -2.44. The number of aromatic nitrogens is 1. The van der Waals surface area contributed by atoms with Crippen LogP contribution in [-0.4, -0.2) is 40.2 Å². The first-order chi connectivity index (χ1) is 13.7. The van der Waals surface area contributed by atoms with E-state index in [1.807, 2.05) is 0 Å². The van der Waals surface area contributed by atoms with E-state index in [9.17, 15) is 23.1 Å². The van der Waals surface area contributed by atoms with Gasteiger partial charge in [0.05, 0.1) is 16.6 Å². The molecule has 1 fully saturated rings. The molecule has 4 nitrogen and oxygen atoms in total. The van der Waals surface area contributed by atoms with Crippen LogP contribution in [0.1, 0.15) is 43.5 Å². The zero-order valence-electron chi connectivity index (χ0n) is 15.9. The van der Waals surface area contributed by atoms with Crippen molar-refractivity contribution < 1.29 is 23.1 Å². The fraction of sp³-hybridized carbons (Fsp3) is 0.524. The Morgan fingerprint density at radius 3 is 2.72 bits per heavy atom. The molecule has 4 rings (SSSR count). The van der Waals surface area contributed by atoms with Gasteiger partial charge in [-0.05, 0) is 49.7 Å². The van der Waals surface area contributed by atoms with Crippen LogP contribution in [0.15, 0.2) is 36.4 Å². The first-order valence-electron chi connectivity index (χ1n) is 9.80. The Morgan fingerprint density at radius 1 is 1.24 bits per heavy atom. The van der Waals surface area contributed by atoms with Gasteiger partial charge in [-0.15, -0.1) is 11.3 Å². The van der Waals surface area contributed by atoms with Crippen molar-refractivity contribution in [2.75, 3.05) is 13.1 Å². The smallest absolute Gasteiger partial charge is 0.374 e. The number of carbonyl (C=O) groups excluding carboxylic acids is 1. The van der Waals surface area contributed by atoms with E-state index in [1.165, 1.54) is 4.90 Å². The molecule has 1 aliphatic heterocycles. The molecule has 1 aliphatic carbocycles. The fourth-order valence-electron chi connectivity index (χ4n) is 4.41. The third-order valence-corrected chi connectivity index (χ3v) is 7.28. The molecule has 2 heterocycles. The number of allylic oxidation sites excluding steroid dienone is 2. The highest BCUT2D eigenvalue weighted by atomic mass is 32.1. The van der Waals surface area contributed by atoms with Gasteiger partial charge in [0, 0.05) is 13.1 Å². The molecule has 1 amide bonds. The normalized spacial score (nSPS) is 24.8. The average Bonchev–Trinajstić information content (AvgIpc) is 3.12. The molecule has 0 saturated carbocycles. The topological polar surface area (TPSA) is 53.4 Å². The first kappa shape index (κ1) is 20.3. The van der Waals surface area contributed by atoms with Crippen molar-refractivity contribution >= 4 is 27.5 Å². The summed E-state index contributed by atoms with van der Waals surface area (Å²) in [6.07, 6.45) is 2.63. The van der Waals surface area contributed by atoms with Gasteiger partial charge in [-0.2, -0.15) is 13.2 Å². The molecule has 0 unspecified atom stereocenters. The van der Waals surface area contributed by atoms with Crippen molar-refractivity contribution in [1.29, 1.82) is 0 Å². The minimum Gasteiger partial charge on any atom is -0.374 e. The number of amides is 1. The van der Waals surface area contributed by atoms with Crippen LogP contribution in [0.3, 0.4) is 0 Å². The van der Waals surface area contributed by atoms with Crippen molar-refractivity contribution in [2.45, 2.75) is 50.3 Å². The second-order valence-electron chi connectivity index (χ2n) is 8.15. The van der Waals surface area contributed by atoms with Gasteiger partial charge in [-0.1, -0.05) is 24.3 Å². The van der Waals surface area contributed by atoms with Crippen molar-refractivity contribution in [3.05, 3.63) is 41.4 Å². The Labute approximate surface area is 171 Å². The lowest BCUT2D eigenvalue weighted by Crippen LogP contribution is -2.51. The van der Waals surface area contributed by atoms with Crippen LogP contribution in [-0.2, 0) is 10.4 Å². The van der Waals surface area contributed by atoms with Gasteiger partial charge in [0.2, 0.25) is 11.5 Å². The van der Waals surface area contributed by atoms with Gasteiger partial charge in [-0.3, -0.25) is 4.79 Å². The van der Waals surface area contributed by atoms with E-state index in [4.69, 9.17) is 0 Å². The molecule has 0 radical (unpaired) electrons. The zero-order chi connectivity index (χ0) is 20.7. The number of para-hydroxylation sites is 1. The standard InChI is InChI=1S/C21H23F3N2O2S/c22-21(23,24)20(28,18-25-15-7-2-3-8-16(15)29-18)13-17(27)26-12-6-11-19(14-26)9-4-1-5-10-19/h1-4,7-8,28H,5-6,9-14H2/t19-,20-/m1/s1. The quantitative estimate of drug-likeness (QED) is 0.721. The Bertz CT molecular complexity index is 908. The maximum atomic E-state index is 13.9. The molecule has 0 bridgehead atoms. The number of halogens is 3. The van der Waals surface area contributed by atoms with Gasteiger partial charge >= 0.3 is 6.18 Å². The summed E-state index contributed by atoms with van der Waals surface area (Å²) in [5.41, 5.74) is -2.95. The number of nitrogens with zero attached hydrogens (tertiary/aromatic N) is 2. The van der Waals surface area contributed by atoms with Crippen LogP contribution in [0.5, 0.6) is 0 Å². The van der Waals surface area contributed by atoms with Crippen LogP contribution < -0.4 is 0 Å². The van der Waals surface area contributed by atoms with Gasteiger partial charge in [0.25, 0.3) is 0 Å². The number of alkyl halides is 3. The van der Waals surface area contributed by atoms with Crippen LogP contribution in [0.4, 0.5) is 13.2 Å². The average molecular weight is 424 g/mol. The number of piperidine rings is 1. The molecule has 8 heteroatoms. The largest absolute Gasteiger partial charge is 0.424 e. The van der Waals surface area contributed by atoms with Crippen molar-refractivity contribution in [2.24, 2.45) is 5.41 Å². The maximum absolute atomic E-state index is 13.9. The lowest BCUT2D eigenvalue weighted by molar-refractivity contribution is -0.268. The van der Waals surface area contributed by atoms with E-state index >= 15 is 0 Å². The summed E-state index contributed by atoms with van der Waals surface area (Å²) < 4.78 is 42.3. The highest BCUT2D eigenvalue weighted by molar-refractivity contribution is 7.18. The van der Waals surface area contributed by atoms with Gasteiger partial charge in [0.15, 0.2) is 0 Å². The second-order valence-corrected chi connectivity index (χ2v) is 9.19. The molecule has 2 aromatic rings.